The molecule has 0 aliphatic rings. The molecule has 1 atom stereocenters. The van der Waals surface area contributed by atoms with Crippen molar-refractivity contribution in [2.24, 2.45) is 0 Å². The molecule has 0 saturated heterocycles. The smallest absolute Gasteiger partial charge is 0.403 e. The van der Waals surface area contributed by atoms with E-state index < -0.39 is 93.4 Å². The number of phosphoric acid groups is 2. The molecule has 0 fully saturated rings. The van der Waals surface area contributed by atoms with Crippen LogP contribution in [0.2, 0.25) is 0 Å². The molecular formula is C16H12O16P2S3. The van der Waals surface area contributed by atoms with Crippen molar-refractivity contribution in [3.63, 3.8) is 0 Å². The lowest BCUT2D eigenvalue weighted by atomic mass is 9.94. The van der Waals surface area contributed by atoms with Gasteiger partial charge in [-0.25, -0.2) is 9.13 Å². The van der Waals surface area contributed by atoms with Gasteiger partial charge in [-0.15, -0.1) is 0 Å². The fourth-order valence-corrected chi connectivity index (χ4v) is 7.67. The van der Waals surface area contributed by atoms with Gasteiger partial charge in [-0.3, -0.25) is 18.6 Å². The van der Waals surface area contributed by atoms with Gasteiger partial charge in [-0.05, 0) is 12.1 Å². The summed E-state index contributed by atoms with van der Waals surface area (Å²) in [6.07, 6.45) is 0. The summed E-state index contributed by atoms with van der Waals surface area (Å²) in [5, 5.41) is -2.40. The van der Waals surface area contributed by atoms with Gasteiger partial charge < -0.3 is 14.3 Å². The van der Waals surface area contributed by atoms with E-state index in [1.54, 1.807) is 0 Å². The van der Waals surface area contributed by atoms with Gasteiger partial charge in [0.15, 0.2) is 0 Å². The Labute approximate surface area is 206 Å². The van der Waals surface area contributed by atoms with Crippen molar-refractivity contribution in [3.05, 3.63) is 36.4 Å². The molecule has 0 amide bonds. The van der Waals surface area contributed by atoms with Crippen molar-refractivity contribution in [2.45, 2.75) is 14.7 Å². The highest BCUT2D eigenvalue weighted by atomic mass is 32.2. The van der Waals surface area contributed by atoms with Crippen LogP contribution >= 0.6 is 15.6 Å². The van der Waals surface area contributed by atoms with E-state index in [2.05, 4.69) is 8.83 Å². The molecule has 4 aromatic rings. The zero-order chi connectivity index (χ0) is 27.9. The molecule has 0 radical (unpaired) electrons. The van der Waals surface area contributed by atoms with Crippen molar-refractivity contribution in [3.8, 4) is 5.75 Å². The molecule has 16 nitrogen and oxygen atoms in total. The molecule has 0 aromatic heterocycles. The van der Waals surface area contributed by atoms with Crippen molar-refractivity contribution in [1.82, 2.24) is 0 Å². The maximum atomic E-state index is 12.2. The average molecular weight is 618 g/mol. The van der Waals surface area contributed by atoms with E-state index in [0.29, 0.717) is 12.1 Å². The maximum absolute atomic E-state index is 12.2. The Kier molecular flexibility index (Phi) is 6.29. The molecule has 0 bridgehead atoms. The second-order valence-corrected chi connectivity index (χ2v) is 14.3. The summed E-state index contributed by atoms with van der Waals surface area (Å²) in [7, 11) is -26.9. The van der Waals surface area contributed by atoms with E-state index in [9.17, 15) is 52.9 Å². The topological polar surface area (TPSA) is 276 Å². The fraction of sp³-hybridized carbons (Fsp3) is 0. The van der Waals surface area contributed by atoms with Gasteiger partial charge in [0.05, 0.1) is 0 Å². The Morgan fingerprint density at radius 1 is 0.595 bits per heavy atom. The summed E-state index contributed by atoms with van der Waals surface area (Å²) in [6, 6.07) is 4.81. The quantitative estimate of drug-likeness (QED) is 0.0980. The van der Waals surface area contributed by atoms with Crippen LogP contribution in [0.15, 0.2) is 51.1 Å². The summed E-state index contributed by atoms with van der Waals surface area (Å²) >= 11 is 0. The van der Waals surface area contributed by atoms with E-state index in [-0.39, 0.29) is 5.39 Å². The van der Waals surface area contributed by atoms with E-state index in [4.69, 9.17) is 9.79 Å². The lowest BCUT2D eigenvalue weighted by molar-refractivity contribution is 0.230. The molecule has 0 spiro atoms. The maximum Gasteiger partial charge on any atom is 0.536 e. The minimum absolute atomic E-state index is 0.363. The van der Waals surface area contributed by atoms with Crippen LogP contribution < -0.4 is 4.52 Å². The van der Waals surface area contributed by atoms with Gasteiger partial charge in [0.25, 0.3) is 30.4 Å². The first kappa shape index (κ1) is 27.8. The third-order valence-corrected chi connectivity index (χ3v) is 9.79. The van der Waals surface area contributed by atoms with Crippen LogP contribution in [0.4, 0.5) is 0 Å². The van der Waals surface area contributed by atoms with Gasteiger partial charge >= 0.3 is 15.6 Å². The van der Waals surface area contributed by atoms with Crippen LogP contribution in [0.3, 0.4) is 0 Å². The number of hydrogen-bond donors (Lipinski definition) is 6. The predicted octanol–water partition coefficient (Wildman–Crippen LogP) is 1.91. The third-order valence-electron chi connectivity index (χ3n) is 5.00. The highest BCUT2D eigenvalue weighted by Crippen LogP contribution is 2.58. The second kappa shape index (κ2) is 8.37. The van der Waals surface area contributed by atoms with Crippen molar-refractivity contribution in [2.75, 3.05) is 0 Å². The Bertz CT molecular complexity index is 1990. The van der Waals surface area contributed by atoms with Crippen LogP contribution in [0.25, 0.3) is 32.3 Å². The Hall–Kier alpha value is -2.25. The molecule has 0 heterocycles. The normalized spacial score (nSPS) is 15.4. The van der Waals surface area contributed by atoms with Crippen LogP contribution in [0.1, 0.15) is 0 Å². The first-order valence-corrected chi connectivity index (χ1v) is 16.4. The molecule has 0 saturated carbocycles. The highest BCUT2D eigenvalue weighted by molar-refractivity contribution is 7.87. The molecule has 37 heavy (non-hydrogen) atoms. The number of rotatable bonds is 7. The molecule has 6 N–H and O–H groups in total. The minimum Gasteiger partial charge on any atom is -0.403 e. The van der Waals surface area contributed by atoms with Crippen LogP contribution in [0.5, 0.6) is 5.75 Å². The highest BCUT2D eigenvalue weighted by Gasteiger charge is 2.36. The van der Waals surface area contributed by atoms with Crippen LogP contribution in [-0.2, 0) is 43.8 Å². The Morgan fingerprint density at radius 3 is 1.32 bits per heavy atom. The number of phosphoric ester groups is 1. The fourth-order valence-electron chi connectivity index (χ4n) is 3.86. The largest absolute Gasteiger partial charge is 0.536 e. The van der Waals surface area contributed by atoms with Gasteiger partial charge in [-0.2, -0.15) is 29.6 Å². The van der Waals surface area contributed by atoms with E-state index >= 15 is 0 Å². The Balaban J connectivity index is 2.29. The lowest BCUT2D eigenvalue weighted by Gasteiger charge is -2.20. The zero-order valence-corrected chi connectivity index (χ0v) is 21.6. The van der Waals surface area contributed by atoms with E-state index in [1.807, 2.05) is 0 Å². The van der Waals surface area contributed by atoms with Crippen molar-refractivity contribution >= 4 is 78.3 Å². The molecule has 4 aromatic carbocycles. The number of hydrogen-bond acceptors (Lipinski definition) is 10. The first-order valence-electron chi connectivity index (χ1n) is 9.10. The van der Waals surface area contributed by atoms with Gasteiger partial charge in [0.2, 0.25) is 0 Å². The summed E-state index contributed by atoms with van der Waals surface area (Å²) in [5.41, 5.74) is 0. The van der Waals surface area contributed by atoms with Crippen LogP contribution in [0, 0.1) is 0 Å². The molecule has 200 valence electrons. The Morgan fingerprint density at radius 2 is 0.946 bits per heavy atom. The SMILES string of the molecule is O=P(O)(O)OP(=O)(O)Oc1cc(S(=O)(=O)O)c2ccc3c(S(=O)(=O)O)cc(S(=O)(=O)O)c4ccc1c2c43. The summed E-state index contributed by atoms with van der Waals surface area (Å²) in [5.74, 6) is -0.931. The molecule has 1 unspecified atom stereocenters. The number of benzene rings is 4. The summed E-state index contributed by atoms with van der Waals surface area (Å²) in [4.78, 5) is 24.4. The monoisotopic (exact) mass is 618 g/mol. The lowest BCUT2D eigenvalue weighted by Crippen LogP contribution is -2.07. The van der Waals surface area contributed by atoms with Gasteiger partial charge in [0.1, 0.15) is 20.4 Å². The third kappa shape index (κ3) is 5.22. The predicted molar refractivity (Wildman–Crippen MR) is 123 cm³/mol. The van der Waals surface area contributed by atoms with Crippen molar-refractivity contribution in [1.29, 1.82) is 0 Å². The molecule has 0 aliphatic heterocycles. The van der Waals surface area contributed by atoms with Crippen LogP contribution in [-0.4, -0.2) is 53.6 Å². The standard InChI is InChI=1S/C16H12O16P2S3/c17-33(18,19)32-34(20,21)31-11-5-12(35(22,23)24)8-3-4-10-14(37(28,29)30)6-13(36(25,26)27)9-2-1-7(11)15(8)16(9)10/h1-6H,(H,20,21)(H2,17,18,19)(H,22,23,24)(H,25,26,27)(H,28,29,30). The average Bonchev–Trinajstić information content (AvgIpc) is 2.67. The summed E-state index contributed by atoms with van der Waals surface area (Å²) < 4.78 is 133. The van der Waals surface area contributed by atoms with Gasteiger partial charge in [0, 0.05) is 38.4 Å². The van der Waals surface area contributed by atoms with E-state index in [1.165, 1.54) is 0 Å². The second-order valence-electron chi connectivity index (χ2n) is 7.37. The minimum atomic E-state index is -5.68. The molecular weight excluding hydrogens is 606 g/mol. The van der Waals surface area contributed by atoms with E-state index in [0.717, 1.165) is 24.3 Å². The summed E-state index contributed by atoms with van der Waals surface area (Å²) in [6.45, 7) is 0. The molecule has 4 rings (SSSR count). The first-order chi connectivity index (χ1) is 16.6. The molecule has 21 heteroatoms. The zero-order valence-electron chi connectivity index (χ0n) is 17.3. The van der Waals surface area contributed by atoms with Crippen molar-refractivity contribution < 1.29 is 71.6 Å². The van der Waals surface area contributed by atoms with Gasteiger partial charge in [-0.1, -0.05) is 18.2 Å². The molecule has 0 aliphatic carbocycles.